The van der Waals surface area contributed by atoms with E-state index in [1.54, 1.807) is 16.6 Å². The summed E-state index contributed by atoms with van der Waals surface area (Å²) in [7, 11) is -3.77. The number of sulfonamides is 1. The first-order valence-electron chi connectivity index (χ1n) is 9.24. The Bertz CT molecular complexity index is 1300. The van der Waals surface area contributed by atoms with E-state index in [4.69, 9.17) is 12.3 Å². The van der Waals surface area contributed by atoms with E-state index in [1.165, 1.54) is 12.5 Å². The van der Waals surface area contributed by atoms with Crippen molar-refractivity contribution in [1.29, 1.82) is 0 Å². The molecule has 3 aromatic rings. The van der Waals surface area contributed by atoms with E-state index in [-0.39, 0.29) is 10.4 Å². The van der Waals surface area contributed by atoms with Gasteiger partial charge >= 0.3 is 0 Å². The van der Waals surface area contributed by atoms with Gasteiger partial charge in [-0.15, -0.1) is 0 Å². The first-order valence-corrected chi connectivity index (χ1v) is 10.7. The zero-order valence-electron chi connectivity index (χ0n) is 15.8. The monoisotopic (exact) mass is 409 g/mol. The molecule has 0 saturated heterocycles. The highest BCUT2D eigenvalue weighted by molar-refractivity contribution is 7.89. The van der Waals surface area contributed by atoms with Crippen LogP contribution >= 0.6 is 0 Å². The summed E-state index contributed by atoms with van der Waals surface area (Å²) in [6, 6.07) is 5.22. The number of hydrogen-bond acceptors (Lipinski definition) is 6. The third kappa shape index (κ3) is 2.62. The average Bonchev–Trinajstić information content (AvgIpc) is 3.33. The number of aryl methyl sites for hydroxylation is 1. The Morgan fingerprint density at radius 3 is 2.79 bits per heavy atom. The van der Waals surface area contributed by atoms with Crippen molar-refractivity contribution in [2.24, 2.45) is 0 Å². The number of nitrogen functional groups attached to an aromatic ring is 1. The quantitative estimate of drug-likeness (QED) is 0.636. The molecule has 10 heteroatoms. The summed E-state index contributed by atoms with van der Waals surface area (Å²) in [5.41, 5.74) is 7.69. The van der Waals surface area contributed by atoms with Gasteiger partial charge in [-0.3, -0.25) is 4.98 Å². The van der Waals surface area contributed by atoms with Gasteiger partial charge in [0.15, 0.2) is 5.82 Å². The largest absolute Gasteiger partial charge is 0.382 e. The van der Waals surface area contributed by atoms with Gasteiger partial charge in [0.25, 0.3) is 0 Å². The first kappa shape index (κ1) is 18.0. The molecule has 3 saturated carbocycles. The highest BCUT2D eigenvalue weighted by Crippen LogP contribution is 2.57. The van der Waals surface area contributed by atoms with Crippen LogP contribution in [0.15, 0.2) is 35.6 Å². The van der Waals surface area contributed by atoms with Crippen molar-refractivity contribution in [2.45, 2.75) is 48.6 Å². The maximum absolute atomic E-state index is 13.1. The lowest BCUT2D eigenvalue weighted by Gasteiger charge is -2.39. The summed E-state index contributed by atoms with van der Waals surface area (Å²) >= 11 is 0. The molecule has 0 aromatic carbocycles. The fourth-order valence-electron chi connectivity index (χ4n) is 4.71. The predicted octanol–water partition coefficient (Wildman–Crippen LogP) is 1.94. The van der Waals surface area contributed by atoms with Gasteiger partial charge in [-0.25, -0.2) is 29.2 Å². The highest BCUT2D eigenvalue weighted by atomic mass is 32.2. The van der Waals surface area contributed by atoms with Crippen LogP contribution < -0.4 is 10.5 Å². The second kappa shape index (κ2) is 5.75. The normalized spacial score (nSPS) is 25.7. The molecule has 3 aliphatic carbocycles. The number of pyridine rings is 1. The Balaban J connectivity index is 1.53. The van der Waals surface area contributed by atoms with Gasteiger partial charge in [-0.05, 0) is 31.5 Å². The second-order valence-electron chi connectivity index (χ2n) is 8.04. The minimum atomic E-state index is -3.77. The van der Waals surface area contributed by atoms with Crippen LogP contribution in [0, 0.1) is 13.5 Å². The average molecular weight is 409 g/mol. The fraction of sp³-hybridized carbons (Fsp3) is 0.368. The second-order valence-corrected chi connectivity index (χ2v) is 9.72. The van der Waals surface area contributed by atoms with Crippen molar-refractivity contribution < 1.29 is 8.42 Å². The molecule has 3 aromatic heterocycles. The molecule has 3 aliphatic rings. The molecule has 9 nitrogen and oxygen atoms in total. The fourth-order valence-corrected chi connectivity index (χ4v) is 6.11. The smallest absolute Gasteiger partial charge is 0.242 e. The van der Waals surface area contributed by atoms with E-state index in [0.29, 0.717) is 47.5 Å². The molecule has 0 atom stereocenters. The molecule has 6 rings (SSSR count). The van der Waals surface area contributed by atoms with Crippen molar-refractivity contribution in [3.63, 3.8) is 0 Å². The summed E-state index contributed by atoms with van der Waals surface area (Å²) in [5, 5.41) is 4.23. The van der Waals surface area contributed by atoms with E-state index < -0.39 is 15.6 Å². The molecule has 0 amide bonds. The zero-order chi connectivity index (χ0) is 20.4. The molecule has 0 radical (unpaired) electrons. The number of rotatable bonds is 4. The van der Waals surface area contributed by atoms with Gasteiger partial charge in [-0.2, -0.15) is 5.10 Å². The van der Waals surface area contributed by atoms with E-state index in [0.717, 1.165) is 6.42 Å². The van der Waals surface area contributed by atoms with Gasteiger partial charge in [-0.1, -0.05) is 0 Å². The molecule has 0 aliphatic heterocycles. The lowest BCUT2D eigenvalue weighted by atomic mass is 9.72. The predicted molar refractivity (Wildman–Crippen MR) is 106 cm³/mol. The number of aromatic nitrogens is 4. The SMILES string of the molecule is [C-]#[N+]C12CCC(NS(=O)(=O)c3cnc(C)c(-c4ccc5c(N)ncnn45)c3)(C1)C2. The number of hydrogen-bond donors (Lipinski definition) is 2. The maximum atomic E-state index is 13.1. The Kier molecular flexibility index (Phi) is 3.57. The summed E-state index contributed by atoms with van der Waals surface area (Å²) in [5.74, 6) is 0.343. The van der Waals surface area contributed by atoms with Gasteiger partial charge in [0.2, 0.25) is 15.6 Å². The molecule has 3 N–H and O–H groups in total. The van der Waals surface area contributed by atoms with E-state index in [2.05, 4.69) is 24.6 Å². The van der Waals surface area contributed by atoms with Crippen LogP contribution in [-0.2, 0) is 10.0 Å². The zero-order valence-corrected chi connectivity index (χ0v) is 16.6. The van der Waals surface area contributed by atoms with Crippen molar-refractivity contribution in [2.75, 3.05) is 5.73 Å². The van der Waals surface area contributed by atoms with Crippen molar-refractivity contribution in [3.05, 3.63) is 47.8 Å². The maximum Gasteiger partial charge on any atom is 0.242 e. The molecule has 0 spiro atoms. The van der Waals surface area contributed by atoms with E-state index in [9.17, 15) is 8.42 Å². The van der Waals surface area contributed by atoms with Crippen LogP contribution in [0.4, 0.5) is 5.82 Å². The Labute approximate surface area is 167 Å². The summed E-state index contributed by atoms with van der Waals surface area (Å²) in [4.78, 5) is 12.1. The Morgan fingerprint density at radius 2 is 2.07 bits per heavy atom. The van der Waals surface area contributed by atoms with E-state index >= 15 is 0 Å². The van der Waals surface area contributed by atoms with Crippen molar-refractivity contribution in [3.8, 4) is 11.3 Å². The topological polar surface area (TPSA) is 120 Å². The third-order valence-electron chi connectivity index (χ3n) is 6.12. The molecule has 29 heavy (non-hydrogen) atoms. The van der Waals surface area contributed by atoms with Crippen LogP contribution in [0.1, 0.15) is 31.4 Å². The van der Waals surface area contributed by atoms with Crippen LogP contribution in [0.25, 0.3) is 21.6 Å². The van der Waals surface area contributed by atoms with E-state index in [1.807, 2.05) is 13.0 Å². The minimum absolute atomic E-state index is 0.0941. The van der Waals surface area contributed by atoms with Crippen LogP contribution in [0.5, 0.6) is 0 Å². The number of anilines is 1. The number of nitrogens with zero attached hydrogens (tertiary/aromatic N) is 5. The van der Waals surface area contributed by atoms with Crippen molar-refractivity contribution >= 4 is 21.4 Å². The molecular weight excluding hydrogens is 390 g/mol. The van der Waals surface area contributed by atoms with Gasteiger partial charge in [0.05, 0.1) is 5.69 Å². The summed E-state index contributed by atoms with van der Waals surface area (Å²) < 4.78 is 30.6. The number of nitrogens with two attached hydrogens (primary N) is 1. The third-order valence-corrected chi connectivity index (χ3v) is 7.67. The number of nitrogens with one attached hydrogen (secondary N) is 1. The molecule has 148 valence electrons. The molecule has 3 heterocycles. The van der Waals surface area contributed by atoms with Gasteiger partial charge in [0, 0.05) is 42.3 Å². The van der Waals surface area contributed by atoms with Gasteiger partial charge in [0.1, 0.15) is 16.7 Å². The molecule has 3 fully saturated rings. The summed E-state index contributed by atoms with van der Waals surface area (Å²) in [6.07, 6.45) is 5.32. The van der Waals surface area contributed by atoms with Crippen LogP contribution in [0.3, 0.4) is 0 Å². The summed E-state index contributed by atoms with van der Waals surface area (Å²) in [6.45, 7) is 9.16. The Morgan fingerprint density at radius 1 is 1.28 bits per heavy atom. The molecule has 2 bridgehead atoms. The molecule has 0 unspecified atom stereocenters. The lowest BCUT2D eigenvalue weighted by Crippen LogP contribution is -2.57. The highest BCUT2D eigenvalue weighted by Gasteiger charge is 2.67. The number of fused-ring (bicyclic) bond motifs is 2. The van der Waals surface area contributed by atoms with Crippen molar-refractivity contribution in [1.82, 2.24) is 24.3 Å². The standard InChI is InChI=1S/C19H19N7O2S/c1-12-14(15-3-4-16-17(20)23-11-24-26(15)16)7-13(8-22-12)29(27,28)25-19-6-5-18(9-19,10-19)21-2/h3-4,7-8,11,25H,5-6,9-10H2,1H3,(H2,20,23,24). The van der Waals surface area contributed by atoms with Crippen LogP contribution in [0.2, 0.25) is 0 Å². The molecular formula is C19H19N7O2S. The van der Waals surface area contributed by atoms with Gasteiger partial charge < -0.3 is 10.6 Å². The lowest BCUT2D eigenvalue weighted by molar-refractivity contribution is 0.218. The minimum Gasteiger partial charge on any atom is -0.382 e. The first-order chi connectivity index (χ1) is 13.8. The Hall–Kier alpha value is -3.03. The van der Waals surface area contributed by atoms with Crippen LogP contribution in [-0.4, -0.2) is 39.1 Å².